The van der Waals surface area contributed by atoms with Gasteiger partial charge in [0.25, 0.3) is 5.91 Å². The van der Waals surface area contributed by atoms with Crippen molar-refractivity contribution in [3.63, 3.8) is 0 Å². The van der Waals surface area contributed by atoms with Crippen LogP contribution in [0.2, 0.25) is 0 Å². The average molecular weight is 344 g/mol. The SMILES string of the molecule is COc1ccc(C(=O)NCCC2(C)OCCO2)cc1Br. The maximum absolute atomic E-state index is 12.0. The molecule has 110 valence electrons. The molecule has 1 aliphatic heterocycles. The number of hydrogen-bond donors (Lipinski definition) is 1. The summed E-state index contributed by atoms with van der Waals surface area (Å²) in [5.74, 6) is -0.00917. The van der Waals surface area contributed by atoms with Gasteiger partial charge < -0.3 is 19.5 Å². The fraction of sp³-hybridized carbons (Fsp3) is 0.500. The molecule has 0 saturated carbocycles. The number of nitrogens with one attached hydrogen (secondary N) is 1. The quantitative estimate of drug-likeness (QED) is 0.891. The second-order valence-corrected chi connectivity index (χ2v) is 5.54. The molecule has 1 aromatic carbocycles. The molecule has 1 aliphatic rings. The van der Waals surface area contributed by atoms with E-state index >= 15 is 0 Å². The van der Waals surface area contributed by atoms with Gasteiger partial charge >= 0.3 is 0 Å². The molecule has 0 aromatic heterocycles. The third-order valence-corrected chi connectivity index (χ3v) is 3.80. The van der Waals surface area contributed by atoms with Gasteiger partial charge in [-0.2, -0.15) is 0 Å². The van der Waals surface area contributed by atoms with Gasteiger partial charge in [-0.25, -0.2) is 0 Å². The maximum Gasteiger partial charge on any atom is 0.251 e. The highest BCUT2D eigenvalue weighted by atomic mass is 79.9. The summed E-state index contributed by atoms with van der Waals surface area (Å²) in [4.78, 5) is 12.0. The summed E-state index contributed by atoms with van der Waals surface area (Å²) >= 11 is 3.36. The zero-order valence-corrected chi connectivity index (χ0v) is 13.2. The predicted molar refractivity (Wildman–Crippen MR) is 78.0 cm³/mol. The lowest BCUT2D eigenvalue weighted by Crippen LogP contribution is -2.33. The summed E-state index contributed by atoms with van der Waals surface area (Å²) in [5, 5.41) is 2.86. The first-order chi connectivity index (χ1) is 9.54. The second kappa shape index (κ2) is 6.56. The number of benzene rings is 1. The normalized spacial score (nSPS) is 16.9. The van der Waals surface area contributed by atoms with Crippen LogP contribution in [-0.4, -0.2) is 38.6 Å². The molecule has 0 aliphatic carbocycles. The molecule has 1 saturated heterocycles. The van der Waals surface area contributed by atoms with E-state index < -0.39 is 5.79 Å². The summed E-state index contributed by atoms with van der Waals surface area (Å²) in [6.07, 6.45) is 0.621. The van der Waals surface area contributed by atoms with E-state index in [4.69, 9.17) is 14.2 Å². The first-order valence-electron chi connectivity index (χ1n) is 6.44. The number of carbonyl (C=O) groups excluding carboxylic acids is 1. The zero-order chi connectivity index (χ0) is 14.6. The van der Waals surface area contributed by atoms with Gasteiger partial charge in [0.05, 0.1) is 24.8 Å². The van der Waals surface area contributed by atoms with Gasteiger partial charge in [0.15, 0.2) is 5.79 Å². The minimum absolute atomic E-state index is 0.130. The maximum atomic E-state index is 12.0. The summed E-state index contributed by atoms with van der Waals surface area (Å²) in [7, 11) is 1.59. The topological polar surface area (TPSA) is 56.8 Å². The molecule has 0 bridgehead atoms. The van der Waals surface area contributed by atoms with Crippen molar-refractivity contribution in [2.45, 2.75) is 19.1 Å². The Morgan fingerprint density at radius 2 is 2.15 bits per heavy atom. The standard InChI is InChI=1S/C14H18BrNO4/c1-14(19-7-8-20-14)5-6-16-13(17)10-3-4-12(18-2)11(15)9-10/h3-4,9H,5-8H2,1-2H3,(H,16,17). The Labute approximate surface area is 126 Å². The van der Waals surface area contributed by atoms with Crippen LogP contribution in [-0.2, 0) is 9.47 Å². The van der Waals surface area contributed by atoms with Crippen LogP contribution in [0, 0.1) is 0 Å². The Kier molecular flexibility index (Phi) is 5.01. The summed E-state index contributed by atoms with van der Waals surface area (Å²) < 4.78 is 16.8. The molecule has 20 heavy (non-hydrogen) atoms. The van der Waals surface area contributed by atoms with Crippen molar-refractivity contribution in [1.29, 1.82) is 0 Å². The molecule has 5 nitrogen and oxygen atoms in total. The summed E-state index contributed by atoms with van der Waals surface area (Å²) in [5.41, 5.74) is 0.580. The predicted octanol–water partition coefficient (Wildman–Crippen LogP) is 2.34. The van der Waals surface area contributed by atoms with Crippen molar-refractivity contribution < 1.29 is 19.0 Å². The lowest BCUT2D eigenvalue weighted by atomic mass is 10.2. The minimum atomic E-state index is -0.576. The van der Waals surface area contributed by atoms with E-state index in [9.17, 15) is 4.79 Å². The van der Waals surface area contributed by atoms with Gasteiger partial charge in [0.1, 0.15) is 5.75 Å². The van der Waals surface area contributed by atoms with Crippen LogP contribution in [0.5, 0.6) is 5.75 Å². The number of rotatable bonds is 5. The first kappa shape index (κ1) is 15.3. The Hall–Kier alpha value is -1.11. The van der Waals surface area contributed by atoms with E-state index in [1.807, 2.05) is 6.92 Å². The largest absolute Gasteiger partial charge is 0.496 e. The first-order valence-corrected chi connectivity index (χ1v) is 7.23. The number of methoxy groups -OCH3 is 1. The molecule has 0 radical (unpaired) electrons. The van der Waals surface area contributed by atoms with Gasteiger partial charge in [-0.1, -0.05) is 0 Å². The van der Waals surface area contributed by atoms with Crippen molar-refractivity contribution in [3.05, 3.63) is 28.2 Å². The van der Waals surface area contributed by atoms with Crippen LogP contribution in [0.15, 0.2) is 22.7 Å². The Morgan fingerprint density at radius 3 is 2.75 bits per heavy atom. The van der Waals surface area contributed by atoms with Crippen molar-refractivity contribution in [2.75, 3.05) is 26.9 Å². The lowest BCUT2D eigenvalue weighted by molar-refractivity contribution is -0.145. The fourth-order valence-electron chi connectivity index (χ4n) is 2.01. The van der Waals surface area contributed by atoms with Crippen LogP contribution in [0.1, 0.15) is 23.7 Å². The van der Waals surface area contributed by atoms with Crippen LogP contribution >= 0.6 is 15.9 Å². The van der Waals surface area contributed by atoms with E-state index in [-0.39, 0.29) is 5.91 Å². The van der Waals surface area contributed by atoms with Crippen LogP contribution in [0.3, 0.4) is 0 Å². The summed E-state index contributed by atoms with van der Waals surface area (Å²) in [6.45, 7) is 3.60. The number of hydrogen-bond acceptors (Lipinski definition) is 4. The van der Waals surface area contributed by atoms with E-state index in [0.29, 0.717) is 37.5 Å². The van der Waals surface area contributed by atoms with Crippen LogP contribution in [0.25, 0.3) is 0 Å². The molecular formula is C14H18BrNO4. The Morgan fingerprint density at radius 1 is 1.45 bits per heavy atom. The number of halogens is 1. The van der Waals surface area contributed by atoms with E-state index in [0.717, 1.165) is 4.47 Å². The highest BCUT2D eigenvalue weighted by molar-refractivity contribution is 9.10. The molecule has 1 aromatic rings. The number of carbonyl (C=O) groups is 1. The van der Waals surface area contributed by atoms with Crippen molar-refractivity contribution in [2.24, 2.45) is 0 Å². The van der Waals surface area contributed by atoms with Crippen LogP contribution < -0.4 is 10.1 Å². The number of amides is 1. The third kappa shape index (κ3) is 3.71. The van der Waals surface area contributed by atoms with Crippen molar-refractivity contribution in [1.82, 2.24) is 5.32 Å². The smallest absolute Gasteiger partial charge is 0.251 e. The number of ether oxygens (including phenoxy) is 3. The molecule has 1 amide bonds. The Balaban J connectivity index is 1.87. The fourth-order valence-corrected chi connectivity index (χ4v) is 2.55. The summed E-state index contributed by atoms with van der Waals surface area (Å²) in [6, 6.07) is 5.21. The average Bonchev–Trinajstić information content (AvgIpc) is 2.85. The molecule has 6 heteroatoms. The molecule has 0 atom stereocenters. The second-order valence-electron chi connectivity index (χ2n) is 4.69. The van der Waals surface area contributed by atoms with Gasteiger partial charge in [-0.3, -0.25) is 4.79 Å². The molecular weight excluding hydrogens is 326 g/mol. The lowest BCUT2D eigenvalue weighted by Gasteiger charge is -2.22. The molecule has 1 heterocycles. The van der Waals surface area contributed by atoms with E-state index in [1.54, 1.807) is 25.3 Å². The van der Waals surface area contributed by atoms with Gasteiger partial charge in [-0.05, 0) is 41.1 Å². The molecule has 0 spiro atoms. The molecule has 1 N–H and O–H groups in total. The Bertz CT molecular complexity index is 486. The molecule has 1 fully saturated rings. The minimum Gasteiger partial charge on any atom is -0.496 e. The monoisotopic (exact) mass is 343 g/mol. The highest BCUT2D eigenvalue weighted by Crippen LogP contribution is 2.25. The zero-order valence-electron chi connectivity index (χ0n) is 11.6. The highest BCUT2D eigenvalue weighted by Gasteiger charge is 2.30. The molecule has 2 rings (SSSR count). The van der Waals surface area contributed by atoms with Crippen LogP contribution in [0.4, 0.5) is 0 Å². The molecule has 0 unspecified atom stereocenters. The van der Waals surface area contributed by atoms with Gasteiger partial charge in [0.2, 0.25) is 0 Å². The van der Waals surface area contributed by atoms with Gasteiger partial charge in [0, 0.05) is 18.5 Å². The van der Waals surface area contributed by atoms with E-state index in [1.165, 1.54) is 0 Å². The van der Waals surface area contributed by atoms with Crippen molar-refractivity contribution in [3.8, 4) is 5.75 Å². The van der Waals surface area contributed by atoms with E-state index in [2.05, 4.69) is 21.2 Å². The third-order valence-electron chi connectivity index (χ3n) is 3.18. The van der Waals surface area contributed by atoms with Gasteiger partial charge in [-0.15, -0.1) is 0 Å². The van der Waals surface area contributed by atoms with Crippen molar-refractivity contribution >= 4 is 21.8 Å².